The zero-order valence-corrected chi connectivity index (χ0v) is 12.8. The molecule has 8 heteroatoms. The van der Waals surface area contributed by atoms with Crippen LogP contribution in [0.15, 0.2) is 36.4 Å². The predicted molar refractivity (Wildman–Crippen MR) is 83.0 cm³/mol. The Labute approximate surface area is 132 Å². The molecule has 2 rings (SSSR count). The Hall–Kier alpha value is -1.74. The first-order valence-corrected chi connectivity index (χ1v) is 6.81. The summed E-state index contributed by atoms with van der Waals surface area (Å²) < 4.78 is 0.604. The molecule has 0 atom stereocenters. The average Bonchev–Trinajstić information content (AvgIpc) is 2.38. The lowest BCUT2D eigenvalue weighted by Gasteiger charge is -2.06. The number of aromatic nitrogens is 1. The monoisotopic (exact) mass is 403 g/mol. The van der Waals surface area contributed by atoms with Gasteiger partial charge in [-0.3, -0.25) is 14.9 Å². The van der Waals surface area contributed by atoms with Gasteiger partial charge in [-0.2, -0.15) is 0 Å². The molecule has 2 aromatic rings. The number of hydrogen-bond donors (Lipinski definition) is 1. The van der Waals surface area contributed by atoms with Crippen LogP contribution in [0.2, 0.25) is 5.15 Å². The lowest BCUT2D eigenvalue weighted by Crippen LogP contribution is -2.14. The summed E-state index contributed by atoms with van der Waals surface area (Å²) in [6.45, 7) is 0. The quantitative estimate of drug-likeness (QED) is 0.368. The summed E-state index contributed by atoms with van der Waals surface area (Å²) in [5.74, 6) is -0.197. The molecule has 1 aromatic carbocycles. The standard InChI is InChI=1S/C12H7ClIN3O3/c13-10-2-1-3-11(15-10)16-12(18)8-6-7(17(19)20)4-5-9(8)14/h1-6H,(H,15,16,18). The second-order valence-corrected chi connectivity index (χ2v) is 5.27. The number of amides is 1. The van der Waals surface area contributed by atoms with Crippen molar-refractivity contribution >= 4 is 51.6 Å². The molecule has 1 N–H and O–H groups in total. The van der Waals surface area contributed by atoms with E-state index in [1.165, 1.54) is 18.2 Å². The molecule has 0 fully saturated rings. The molecule has 0 radical (unpaired) electrons. The number of rotatable bonds is 3. The first-order chi connectivity index (χ1) is 9.47. The maximum Gasteiger partial charge on any atom is 0.270 e. The third-order valence-electron chi connectivity index (χ3n) is 2.36. The number of hydrogen-bond acceptors (Lipinski definition) is 4. The van der Waals surface area contributed by atoms with E-state index >= 15 is 0 Å². The Kier molecular flexibility index (Phi) is 4.50. The third-order valence-corrected chi connectivity index (χ3v) is 3.51. The van der Waals surface area contributed by atoms with Gasteiger partial charge in [0, 0.05) is 15.7 Å². The molecule has 0 aliphatic rings. The molecule has 0 bridgehead atoms. The maximum absolute atomic E-state index is 12.1. The highest BCUT2D eigenvalue weighted by Gasteiger charge is 2.16. The highest BCUT2D eigenvalue weighted by atomic mass is 127. The van der Waals surface area contributed by atoms with Crippen molar-refractivity contribution in [2.75, 3.05) is 5.32 Å². The van der Waals surface area contributed by atoms with Gasteiger partial charge in [-0.05, 0) is 40.8 Å². The van der Waals surface area contributed by atoms with E-state index < -0.39 is 10.8 Å². The van der Waals surface area contributed by atoms with Crippen molar-refractivity contribution in [2.45, 2.75) is 0 Å². The highest BCUT2D eigenvalue weighted by Crippen LogP contribution is 2.20. The Morgan fingerprint density at radius 3 is 2.75 bits per heavy atom. The van der Waals surface area contributed by atoms with Crippen LogP contribution < -0.4 is 5.32 Å². The van der Waals surface area contributed by atoms with Crippen molar-refractivity contribution in [3.05, 3.63) is 60.8 Å². The first-order valence-electron chi connectivity index (χ1n) is 5.35. The van der Waals surface area contributed by atoms with Crippen molar-refractivity contribution in [1.29, 1.82) is 0 Å². The van der Waals surface area contributed by atoms with Crippen LogP contribution in [0.4, 0.5) is 11.5 Å². The molecule has 0 spiro atoms. The molecule has 0 aliphatic carbocycles. The van der Waals surface area contributed by atoms with Gasteiger partial charge in [0.25, 0.3) is 11.6 Å². The molecule has 1 aromatic heterocycles. The van der Waals surface area contributed by atoms with E-state index in [-0.39, 0.29) is 22.2 Å². The minimum absolute atomic E-state index is 0.144. The number of pyridine rings is 1. The van der Waals surface area contributed by atoms with E-state index in [0.717, 1.165) is 0 Å². The number of nitrogens with zero attached hydrogens (tertiary/aromatic N) is 2. The number of carbonyl (C=O) groups excluding carboxylic acids is 1. The maximum atomic E-state index is 12.1. The molecule has 1 amide bonds. The van der Waals surface area contributed by atoms with Gasteiger partial charge in [0.05, 0.1) is 10.5 Å². The number of benzene rings is 1. The summed E-state index contributed by atoms with van der Waals surface area (Å²) in [6.07, 6.45) is 0. The summed E-state index contributed by atoms with van der Waals surface area (Å²) in [6, 6.07) is 8.88. The van der Waals surface area contributed by atoms with Crippen LogP contribution in [0.3, 0.4) is 0 Å². The smallest absolute Gasteiger partial charge is 0.270 e. The van der Waals surface area contributed by atoms with Crippen molar-refractivity contribution in [1.82, 2.24) is 4.98 Å². The Morgan fingerprint density at radius 2 is 2.10 bits per heavy atom. The molecule has 6 nitrogen and oxygen atoms in total. The highest BCUT2D eigenvalue weighted by molar-refractivity contribution is 14.1. The minimum Gasteiger partial charge on any atom is -0.306 e. The summed E-state index contributed by atoms with van der Waals surface area (Å²) in [7, 11) is 0. The van der Waals surface area contributed by atoms with E-state index in [0.29, 0.717) is 3.57 Å². The van der Waals surface area contributed by atoms with Crippen LogP contribution >= 0.6 is 34.2 Å². The van der Waals surface area contributed by atoms with Crippen LogP contribution in [0.5, 0.6) is 0 Å². The largest absolute Gasteiger partial charge is 0.306 e. The normalized spacial score (nSPS) is 10.1. The van der Waals surface area contributed by atoms with Gasteiger partial charge in [-0.25, -0.2) is 4.98 Å². The van der Waals surface area contributed by atoms with Gasteiger partial charge in [-0.1, -0.05) is 17.7 Å². The number of non-ortho nitro benzene ring substituents is 1. The topological polar surface area (TPSA) is 85.1 Å². The van der Waals surface area contributed by atoms with E-state index in [1.54, 1.807) is 18.2 Å². The second-order valence-electron chi connectivity index (χ2n) is 3.72. The number of anilines is 1. The number of carbonyl (C=O) groups is 1. The van der Waals surface area contributed by atoms with Gasteiger partial charge in [0.15, 0.2) is 0 Å². The van der Waals surface area contributed by atoms with Gasteiger partial charge in [0.1, 0.15) is 11.0 Å². The van der Waals surface area contributed by atoms with E-state index in [4.69, 9.17) is 11.6 Å². The van der Waals surface area contributed by atoms with E-state index in [1.807, 2.05) is 22.6 Å². The average molecular weight is 404 g/mol. The van der Waals surface area contributed by atoms with Crippen molar-refractivity contribution in [3.8, 4) is 0 Å². The summed E-state index contributed by atoms with van der Waals surface area (Å²) >= 11 is 7.65. The number of nitrogens with one attached hydrogen (secondary N) is 1. The van der Waals surface area contributed by atoms with Crippen LogP contribution in [0.1, 0.15) is 10.4 Å². The fourth-order valence-electron chi connectivity index (χ4n) is 1.46. The van der Waals surface area contributed by atoms with Crippen LogP contribution in [0, 0.1) is 13.7 Å². The molecule has 0 saturated carbocycles. The summed E-state index contributed by atoms with van der Waals surface area (Å²) in [5.41, 5.74) is 0.0659. The fraction of sp³-hybridized carbons (Fsp3) is 0. The Morgan fingerprint density at radius 1 is 1.35 bits per heavy atom. The fourth-order valence-corrected chi connectivity index (χ4v) is 2.21. The SMILES string of the molecule is O=C(Nc1cccc(Cl)n1)c1cc([N+](=O)[O-])ccc1I. The van der Waals surface area contributed by atoms with Crippen molar-refractivity contribution in [3.63, 3.8) is 0 Å². The van der Waals surface area contributed by atoms with Crippen LogP contribution in [-0.2, 0) is 0 Å². The van der Waals surface area contributed by atoms with E-state index in [9.17, 15) is 14.9 Å². The lowest BCUT2D eigenvalue weighted by atomic mass is 10.2. The second kappa shape index (κ2) is 6.14. The molecule has 20 heavy (non-hydrogen) atoms. The number of nitro benzene ring substituents is 1. The van der Waals surface area contributed by atoms with Gasteiger partial charge < -0.3 is 5.32 Å². The van der Waals surface area contributed by atoms with Crippen molar-refractivity contribution < 1.29 is 9.72 Å². The molecular weight excluding hydrogens is 397 g/mol. The Balaban J connectivity index is 2.29. The molecule has 102 valence electrons. The van der Waals surface area contributed by atoms with Gasteiger partial charge in [0.2, 0.25) is 0 Å². The van der Waals surface area contributed by atoms with Gasteiger partial charge >= 0.3 is 0 Å². The molecular formula is C12H7ClIN3O3. The number of nitro groups is 1. The zero-order valence-electron chi connectivity index (χ0n) is 9.84. The molecule has 0 unspecified atom stereocenters. The molecule has 1 heterocycles. The van der Waals surface area contributed by atoms with Gasteiger partial charge in [-0.15, -0.1) is 0 Å². The van der Waals surface area contributed by atoms with Crippen LogP contribution in [-0.4, -0.2) is 15.8 Å². The summed E-state index contributed by atoms with van der Waals surface area (Å²) in [4.78, 5) is 26.2. The van der Waals surface area contributed by atoms with Crippen LogP contribution in [0.25, 0.3) is 0 Å². The predicted octanol–water partition coefficient (Wildman–Crippen LogP) is 3.50. The number of halogens is 2. The van der Waals surface area contributed by atoms with E-state index in [2.05, 4.69) is 10.3 Å². The molecule has 0 saturated heterocycles. The third kappa shape index (κ3) is 3.42. The minimum atomic E-state index is -0.551. The zero-order chi connectivity index (χ0) is 14.7. The first kappa shape index (κ1) is 14.7. The lowest BCUT2D eigenvalue weighted by molar-refractivity contribution is -0.384. The Bertz CT molecular complexity index is 693. The molecule has 0 aliphatic heterocycles. The van der Waals surface area contributed by atoms with Crippen molar-refractivity contribution in [2.24, 2.45) is 0 Å². The summed E-state index contributed by atoms with van der Waals surface area (Å²) in [5, 5.41) is 13.5.